The molecule has 0 spiro atoms. The summed E-state index contributed by atoms with van der Waals surface area (Å²) in [7, 11) is 0. The fourth-order valence-electron chi connectivity index (χ4n) is 3.53. The Morgan fingerprint density at radius 3 is 2.16 bits per heavy atom. The van der Waals surface area contributed by atoms with Crippen LogP contribution >= 0.6 is 0 Å². The van der Waals surface area contributed by atoms with Crippen LogP contribution in [0.2, 0.25) is 0 Å². The van der Waals surface area contributed by atoms with Gasteiger partial charge in [-0.2, -0.15) is 0 Å². The van der Waals surface area contributed by atoms with Gasteiger partial charge in [0, 0.05) is 18.3 Å². The molecule has 25 heavy (non-hydrogen) atoms. The summed E-state index contributed by atoms with van der Waals surface area (Å²) >= 11 is 0. The molecular weight excluding hydrogens is 316 g/mol. The van der Waals surface area contributed by atoms with E-state index in [9.17, 15) is 4.79 Å². The summed E-state index contributed by atoms with van der Waals surface area (Å²) in [5.41, 5.74) is 1.21. The van der Waals surface area contributed by atoms with E-state index in [2.05, 4.69) is 40.5 Å². The third-order valence-electron chi connectivity index (χ3n) is 4.92. The minimum Gasteiger partial charge on any atom is -0.507 e. The number of hydrogen-bond acceptors (Lipinski definition) is 4. The van der Waals surface area contributed by atoms with Crippen molar-refractivity contribution in [3.05, 3.63) is 60.2 Å². The van der Waals surface area contributed by atoms with Gasteiger partial charge in [-0.3, -0.25) is 0 Å². The summed E-state index contributed by atoms with van der Waals surface area (Å²) < 4.78 is 0. The Hall–Kier alpha value is -2.53. The fourth-order valence-corrected chi connectivity index (χ4v) is 3.53. The van der Waals surface area contributed by atoms with E-state index in [1.54, 1.807) is 12.1 Å². The number of piperidine rings is 3. The first-order valence-electron chi connectivity index (χ1n) is 8.68. The molecule has 132 valence electrons. The van der Waals surface area contributed by atoms with Crippen molar-refractivity contribution in [1.82, 2.24) is 4.90 Å². The molecule has 0 radical (unpaired) electrons. The zero-order chi connectivity index (χ0) is 17.6. The van der Waals surface area contributed by atoms with Crippen molar-refractivity contribution in [3.63, 3.8) is 0 Å². The van der Waals surface area contributed by atoms with Gasteiger partial charge in [0.15, 0.2) is 0 Å². The second kappa shape index (κ2) is 8.03. The van der Waals surface area contributed by atoms with Gasteiger partial charge in [0.1, 0.15) is 11.3 Å². The molecule has 5 nitrogen and oxygen atoms in total. The van der Waals surface area contributed by atoms with Crippen molar-refractivity contribution in [2.24, 2.45) is 5.92 Å². The standard InChI is InChI=1S/C13H18N2.C7H6O3/c1-2-4-12(5-3-1)14-13-10-15-8-6-11(13)7-9-15;8-6-4-2-1-3-5(6)7(9)10/h1-5,11,13-14H,6-10H2;1-4,8H,(H,9,10). The Balaban J connectivity index is 0.000000160. The van der Waals surface area contributed by atoms with Gasteiger partial charge in [0.05, 0.1) is 0 Å². The number of hydrogen-bond donors (Lipinski definition) is 3. The number of carboxylic acids is 1. The number of aromatic carboxylic acids is 1. The highest BCUT2D eigenvalue weighted by atomic mass is 16.4. The number of carbonyl (C=O) groups is 1. The number of phenols is 1. The third-order valence-corrected chi connectivity index (χ3v) is 4.92. The van der Waals surface area contributed by atoms with Crippen molar-refractivity contribution in [2.75, 3.05) is 25.0 Å². The van der Waals surface area contributed by atoms with Crippen molar-refractivity contribution < 1.29 is 15.0 Å². The average molecular weight is 340 g/mol. The smallest absolute Gasteiger partial charge is 0.339 e. The number of nitrogens with zero attached hydrogens (tertiary/aromatic N) is 1. The van der Waals surface area contributed by atoms with Crippen LogP contribution in [0.3, 0.4) is 0 Å². The molecule has 2 bridgehead atoms. The Kier molecular flexibility index (Phi) is 5.56. The van der Waals surface area contributed by atoms with Gasteiger partial charge in [-0.05, 0) is 56.1 Å². The molecule has 0 aliphatic carbocycles. The molecule has 2 aromatic rings. The Morgan fingerprint density at radius 1 is 1.00 bits per heavy atom. The summed E-state index contributed by atoms with van der Waals surface area (Å²) in [5.74, 6) is -0.414. The lowest BCUT2D eigenvalue weighted by Gasteiger charge is -2.45. The first kappa shape index (κ1) is 17.3. The van der Waals surface area contributed by atoms with E-state index in [4.69, 9.17) is 10.2 Å². The van der Waals surface area contributed by atoms with Crippen LogP contribution in [0.5, 0.6) is 5.75 Å². The molecule has 5 rings (SSSR count). The third kappa shape index (κ3) is 4.51. The lowest BCUT2D eigenvalue weighted by Crippen LogP contribution is -2.53. The minimum atomic E-state index is -1.11. The second-order valence-corrected chi connectivity index (χ2v) is 6.58. The normalized spacial score (nSPS) is 24.1. The van der Waals surface area contributed by atoms with E-state index in [1.807, 2.05) is 0 Å². The molecule has 5 heteroatoms. The second-order valence-electron chi connectivity index (χ2n) is 6.58. The number of carboxylic acid groups (broad SMARTS) is 1. The highest BCUT2D eigenvalue weighted by Crippen LogP contribution is 2.29. The maximum Gasteiger partial charge on any atom is 0.339 e. The number of para-hydroxylation sites is 2. The van der Waals surface area contributed by atoms with Crippen molar-refractivity contribution in [1.29, 1.82) is 0 Å². The lowest BCUT2D eigenvalue weighted by molar-refractivity contribution is 0.0693. The Morgan fingerprint density at radius 2 is 1.64 bits per heavy atom. The van der Waals surface area contributed by atoms with E-state index >= 15 is 0 Å². The van der Waals surface area contributed by atoms with E-state index in [0.29, 0.717) is 6.04 Å². The largest absolute Gasteiger partial charge is 0.507 e. The van der Waals surface area contributed by atoms with Gasteiger partial charge in [-0.15, -0.1) is 0 Å². The molecule has 1 unspecified atom stereocenters. The maximum absolute atomic E-state index is 10.3. The first-order chi connectivity index (χ1) is 12.1. The van der Waals surface area contributed by atoms with Gasteiger partial charge >= 0.3 is 5.97 Å². The summed E-state index contributed by atoms with van der Waals surface area (Å²) in [6, 6.07) is 17.1. The molecule has 3 heterocycles. The zero-order valence-corrected chi connectivity index (χ0v) is 14.1. The highest BCUT2D eigenvalue weighted by Gasteiger charge is 2.33. The molecule has 1 atom stereocenters. The lowest BCUT2D eigenvalue weighted by atomic mass is 9.84. The fraction of sp³-hybridized carbons (Fsp3) is 0.350. The molecule has 3 saturated heterocycles. The van der Waals surface area contributed by atoms with Gasteiger partial charge in [0.25, 0.3) is 0 Å². The molecule has 0 amide bonds. The van der Waals surface area contributed by atoms with Gasteiger partial charge in [-0.1, -0.05) is 30.3 Å². The molecule has 3 aliphatic heterocycles. The van der Waals surface area contributed by atoms with Crippen LogP contribution in [0, 0.1) is 5.92 Å². The van der Waals surface area contributed by atoms with Gasteiger partial charge in [0.2, 0.25) is 0 Å². The average Bonchev–Trinajstić information content (AvgIpc) is 2.64. The minimum absolute atomic E-state index is 0.0671. The van der Waals surface area contributed by atoms with Crippen LogP contribution in [0.15, 0.2) is 54.6 Å². The number of rotatable bonds is 3. The summed E-state index contributed by atoms with van der Waals surface area (Å²) in [6.45, 7) is 3.87. The van der Waals surface area contributed by atoms with Crippen molar-refractivity contribution in [3.8, 4) is 5.75 Å². The zero-order valence-electron chi connectivity index (χ0n) is 14.1. The number of nitrogens with one attached hydrogen (secondary N) is 1. The number of anilines is 1. The predicted molar refractivity (Wildman–Crippen MR) is 98.1 cm³/mol. The molecule has 3 N–H and O–H groups in total. The van der Waals surface area contributed by atoms with Crippen LogP contribution in [-0.2, 0) is 0 Å². The van der Waals surface area contributed by atoms with E-state index < -0.39 is 5.97 Å². The molecular formula is C20H24N2O3. The summed E-state index contributed by atoms with van der Waals surface area (Å²) in [6.07, 6.45) is 2.76. The molecule has 0 saturated carbocycles. The van der Waals surface area contributed by atoms with E-state index in [-0.39, 0.29) is 11.3 Å². The van der Waals surface area contributed by atoms with Crippen LogP contribution in [0.25, 0.3) is 0 Å². The quantitative estimate of drug-likeness (QED) is 0.800. The molecule has 3 aliphatic rings. The number of fused-ring (bicyclic) bond motifs is 3. The van der Waals surface area contributed by atoms with Crippen molar-refractivity contribution in [2.45, 2.75) is 18.9 Å². The molecule has 0 aromatic heterocycles. The van der Waals surface area contributed by atoms with Crippen LogP contribution in [0.4, 0.5) is 5.69 Å². The molecule has 3 fully saturated rings. The maximum atomic E-state index is 10.3. The van der Waals surface area contributed by atoms with E-state index in [1.165, 1.54) is 50.3 Å². The number of benzene rings is 2. The Labute approximate surface area is 147 Å². The highest BCUT2D eigenvalue weighted by molar-refractivity contribution is 5.90. The number of aromatic hydroxyl groups is 1. The molecule has 2 aromatic carbocycles. The summed E-state index contributed by atoms with van der Waals surface area (Å²) in [5, 5.41) is 21.0. The SMILES string of the molecule is O=C(O)c1ccccc1O.c1ccc(NC2CN3CCC2CC3)cc1. The van der Waals surface area contributed by atoms with Gasteiger partial charge < -0.3 is 20.4 Å². The predicted octanol–water partition coefficient (Wildman–Crippen LogP) is 3.28. The first-order valence-corrected chi connectivity index (χ1v) is 8.68. The van der Waals surface area contributed by atoms with Crippen LogP contribution in [0.1, 0.15) is 23.2 Å². The Bertz CT molecular complexity index is 697. The topological polar surface area (TPSA) is 72.8 Å². The van der Waals surface area contributed by atoms with Crippen LogP contribution in [-0.4, -0.2) is 46.8 Å². The summed E-state index contributed by atoms with van der Waals surface area (Å²) in [4.78, 5) is 12.8. The van der Waals surface area contributed by atoms with Gasteiger partial charge in [-0.25, -0.2) is 4.79 Å². The van der Waals surface area contributed by atoms with Crippen molar-refractivity contribution >= 4 is 11.7 Å². The van der Waals surface area contributed by atoms with Crippen LogP contribution < -0.4 is 5.32 Å². The monoisotopic (exact) mass is 340 g/mol. The van der Waals surface area contributed by atoms with E-state index in [0.717, 1.165) is 5.92 Å².